The number of pyridine rings is 1. The summed E-state index contributed by atoms with van der Waals surface area (Å²) in [5, 5.41) is 8.05. The predicted octanol–water partition coefficient (Wildman–Crippen LogP) is 6.55. The standard InChI is InChI=1S/C25H24ClN3/c1-16-15-27-21-12-6-4-10-19(21)25(16)29-24-14-23(17-8-2-5-11-20(17)26)28-22-13-7-3-9-18(22)24/h2,4-6,8,10-12,14,27H,3,7,9,13,15H2,1H3,(H,28,29). The van der Waals surface area contributed by atoms with Crippen LogP contribution in [0.5, 0.6) is 0 Å². The van der Waals surface area contributed by atoms with Gasteiger partial charge in [0.25, 0.3) is 0 Å². The van der Waals surface area contributed by atoms with Gasteiger partial charge in [0.1, 0.15) is 0 Å². The van der Waals surface area contributed by atoms with Gasteiger partial charge in [-0.15, -0.1) is 0 Å². The van der Waals surface area contributed by atoms with Gasteiger partial charge < -0.3 is 10.6 Å². The van der Waals surface area contributed by atoms with Crippen LogP contribution in [0, 0.1) is 0 Å². The lowest BCUT2D eigenvalue weighted by atomic mass is 9.92. The number of benzene rings is 2. The van der Waals surface area contributed by atoms with Crippen molar-refractivity contribution in [3.8, 4) is 11.3 Å². The molecule has 4 heteroatoms. The summed E-state index contributed by atoms with van der Waals surface area (Å²) < 4.78 is 0. The van der Waals surface area contributed by atoms with Gasteiger partial charge in [0.05, 0.1) is 5.69 Å². The number of rotatable bonds is 3. The number of hydrogen-bond acceptors (Lipinski definition) is 3. The average Bonchev–Trinajstić information content (AvgIpc) is 2.76. The summed E-state index contributed by atoms with van der Waals surface area (Å²) in [4.78, 5) is 5.01. The largest absolute Gasteiger partial charge is 0.381 e. The number of fused-ring (bicyclic) bond motifs is 2. The highest BCUT2D eigenvalue weighted by Gasteiger charge is 2.21. The minimum atomic E-state index is 0.740. The second-order valence-electron chi connectivity index (χ2n) is 7.85. The SMILES string of the molecule is CC1=C(Nc2cc(-c3ccccc3Cl)nc3c2CCCC3)c2ccccc2NC1. The van der Waals surface area contributed by atoms with Gasteiger partial charge in [-0.05, 0) is 61.9 Å². The fraction of sp³-hybridized carbons (Fsp3) is 0.240. The Kier molecular flexibility index (Phi) is 4.76. The van der Waals surface area contributed by atoms with Gasteiger partial charge in [0, 0.05) is 45.5 Å². The zero-order valence-corrected chi connectivity index (χ0v) is 17.3. The summed E-state index contributed by atoms with van der Waals surface area (Å²) in [7, 11) is 0. The molecule has 0 bridgehead atoms. The molecule has 3 aromatic rings. The summed E-state index contributed by atoms with van der Waals surface area (Å²) >= 11 is 6.50. The first-order valence-electron chi connectivity index (χ1n) is 10.3. The molecule has 3 nitrogen and oxygen atoms in total. The fourth-order valence-corrected chi connectivity index (χ4v) is 4.57. The molecule has 0 fully saturated rings. The molecule has 0 spiro atoms. The Morgan fingerprint density at radius 2 is 1.72 bits per heavy atom. The summed E-state index contributed by atoms with van der Waals surface area (Å²) in [6.45, 7) is 3.04. The Bertz CT molecular complexity index is 1120. The second kappa shape index (κ2) is 7.57. The van der Waals surface area contributed by atoms with Crippen LogP contribution >= 0.6 is 11.6 Å². The molecule has 2 N–H and O–H groups in total. The summed E-state index contributed by atoms with van der Waals surface area (Å²) in [5.74, 6) is 0. The molecule has 29 heavy (non-hydrogen) atoms. The number of nitrogens with zero attached hydrogens (tertiary/aromatic N) is 1. The Hall–Kier alpha value is -2.78. The van der Waals surface area contributed by atoms with E-state index in [1.807, 2.05) is 24.3 Å². The normalized spacial score (nSPS) is 15.4. The lowest BCUT2D eigenvalue weighted by Gasteiger charge is -2.27. The van der Waals surface area contributed by atoms with Crippen LogP contribution in [0.2, 0.25) is 5.02 Å². The third-order valence-corrected chi connectivity index (χ3v) is 6.21. The van der Waals surface area contributed by atoms with Crippen LogP contribution in [-0.2, 0) is 12.8 Å². The minimum Gasteiger partial charge on any atom is -0.381 e. The smallest absolute Gasteiger partial charge is 0.0741 e. The summed E-state index contributed by atoms with van der Waals surface area (Å²) in [6, 6.07) is 18.6. The third kappa shape index (κ3) is 3.40. The van der Waals surface area contributed by atoms with Gasteiger partial charge in [-0.1, -0.05) is 48.0 Å². The highest BCUT2D eigenvalue weighted by molar-refractivity contribution is 6.33. The van der Waals surface area contributed by atoms with E-state index >= 15 is 0 Å². The molecule has 0 atom stereocenters. The number of halogens is 1. The Balaban J connectivity index is 1.63. The zero-order valence-electron chi connectivity index (χ0n) is 16.6. The van der Waals surface area contributed by atoms with E-state index in [2.05, 4.69) is 47.9 Å². The van der Waals surface area contributed by atoms with Gasteiger partial charge in [-0.25, -0.2) is 0 Å². The molecule has 146 valence electrons. The number of nitrogens with one attached hydrogen (secondary N) is 2. The molecular formula is C25H24ClN3. The minimum absolute atomic E-state index is 0.740. The van der Waals surface area contributed by atoms with Gasteiger partial charge in [0.2, 0.25) is 0 Å². The first-order valence-corrected chi connectivity index (χ1v) is 10.7. The van der Waals surface area contributed by atoms with Crippen molar-refractivity contribution in [1.29, 1.82) is 0 Å². The lowest BCUT2D eigenvalue weighted by Crippen LogP contribution is -2.18. The zero-order chi connectivity index (χ0) is 19.8. The van der Waals surface area contributed by atoms with Gasteiger partial charge in [-0.2, -0.15) is 0 Å². The predicted molar refractivity (Wildman–Crippen MR) is 122 cm³/mol. The molecule has 0 radical (unpaired) electrons. The van der Waals surface area contributed by atoms with E-state index in [1.54, 1.807) is 0 Å². The van der Waals surface area contributed by atoms with E-state index in [4.69, 9.17) is 16.6 Å². The van der Waals surface area contributed by atoms with Crippen molar-refractivity contribution in [2.75, 3.05) is 17.2 Å². The van der Waals surface area contributed by atoms with E-state index in [0.29, 0.717) is 0 Å². The van der Waals surface area contributed by atoms with Crippen molar-refractivity contribution in [3.05, 3.63) is 82.0 Å². The molecule has 0 saturated heterocycles. The van der Waals surface area contributed by atoms with E-state index in [0.717, 1.165) is 41.4 Å². The molecule has 1 aliphatic heterocycles. The lowest BCUT2D eigenvalue weighted by molar-refractivity contribution is 0.670. The molecule has 1 aliphatic carbocycles. The van der Waals surface area contributed by atoms with Crippen LogP contribution in [0.3, 0.4) is 0 Å². The van der Waals surface area contributed by atoms with E-state index in [-0.39, 0.29) is 0 Å². The van der Waals surface area contributed by atoms with E-state index in [1.165, 1.54) is 46.6 Å². The molecular weight excluding hydrogens is 378 g/mol. The third-order valence-electron chi connectivity index (χ3n) is 5.88. The number of aryl methyl sites for hydroxylation is 1. The van der Waals surface area contributed by atoms with Crippen molar-refractivity contribution >= 4 is 28.7 Å². The van der Waals surface area contributed by atoms with Crippen LogP contribution in [0.15, 0.2) is 60.2 Å². The summed E-state index contributed by atoms with van der Waals surface area (Å²) in [5.41, 5.74) is 10.6. The fourth-order valence-electron chi connectivity index (χ4n) is 4.33. The first kappa shape index (κ1) is 18.3. The highest BCUT2D eigenvalue weighted by Crippen LogP contribution is 2.37. The van der Waals surface area contributed by atoms with Crippen molar-refractivity contribution in [2.24, 2.45) is 0 Å². The number of anilines is 2. The Labute approximate surface area is 176 Å². The van der Waals surface area contributed by atoms with Crippen LogP contribution in [0.1, 0.15) is 36.6 Å². The van der Waals surface area contributed by atoms with Gasteiger partial charge >= 0.3 is 0 Å². The molecule has 0 amide bonds. The monoisotopic (exact) mass is 401 g/mol. The van der Waals surface area contributed by atoms with Crippen molar-refractivity contribution in [3.63, 3.8) is 0 Å². The topological polar surface area (TPSA) is 37.0 Å². The van der Waals surface area contributed by atoms with Crippen LogP contribution in [-0.4, -0.2) is 11.5 Å². The number of hydrogen-bond donors (Lipinski definition) is 2. The van der Waals surface area contributed by atoms with E-state index < -0.39 is 0 Å². The van der Waals surface area contributed by atoms with Gasteiger partial charge in [0.15, 0.2) is 0 Å². The molecule has 1 aromatic heterocycles. The molecule has 2 heterocycles. The van der Waals surface area contributed by atoms with Crippen molar-refractivity contribution < 1.29 is 0 Å². The second-order valence-corrected chi connectivity index (χ2v) is 8.25. The molecule has 5 rings (SSSR count). The highest BCUT2D eigenvalue weighted by atomic mass is 35.5. The maximum atomic E-state index is 6.50. The molecule has 0 unspecified atom stereocenters. The Morgan fingerprint density at radius 1 is 0.966 bits per heavy atom. The Morgan fingerprint density at radius 3 is 2.59 bits per heavy atom. The van der Waals surface area contributed by atoms with Crippen LogP contribution in [0.4, 0.5) is 11.4 Å². The average molecular weight is 402 g/mol. The number of aromatic nitrogens is 1. The quantitative estimate of drug-likeness (QED) is 0.522. The van der Waals surface area contributed by atoms with Crippen LogP contribution in [0.25, 0.3) is 17.0 Å². The number of para-hydroxylation sites is 1. The molecule has 2 aromatic carbocycles. The van der Waals surface area contributed by atoms with Gasteiger partial charge in [-0.3, -0.25) is 4.98 Å². The first-order chi connectivity index (χ1) is 14.2. The summed E-state index contributed by atoms with van der Waals surface area (Å²) in [6.07, 6.45) is 4.50. The maximum absolute atomic E-state index is 6.50. The van der Waals surface area contributed by atoms with Crippen molar-refractivity contribution in [1.82, 2.24) is 4.98 Å². The van der Waals surface area contributed by atoms with Crippen molar-refractivity contribution in [2.45, 2.75) is 32.6 Å². The molecule has 0 saturated carbocycles. The molecule has 2 aliphatic rings. The van der Waals surface area contributed by atoms with Crippen LogP contribution < -0.4 is 10.6 Å². The maximum Gasteiger partial charge on any atom is 0.0741 e. The van der Waals surface area contributed by atoms with E-state index in [9.17, 15) is 0 Å².